The van der Waals surface area contributed by atoms with E-state index in [2.05, 4.69) is 41.6 Å². The van der Waals surface area contributed by atoms with Crippen molar-refractivity contribution in [2.24, 2.45) is 5.92 Å². The van der Waals surface area contributed by atoms with Gasteiger partial charge in [-0.05, 0) is 130 Å². The molecule has 11 aromatic rings. The third kappa shape index (κ3) is 20.6. The minimum absolute atomic E-state index is 0.00177. The average molecular weight is 1780 g/mol. The van der Waals surface area contributed by atoms with Crippen LogP contribution in [0.15, 0.2) is 234 Å². The van der Waals surface area contributed by atoms with Gasteiger partial charge in [-0.3, -0.25) is 51.5 Å². The molecule has 0 aliphatic carbocycles. The molecule has 3 saturated heterocycles. The number of fused-ring (bicyclic) bond motifs is 1. The summed E-state index contributed by atoms with van der Waals surface area (Å²) in [7, 11) is -10.2. The van der Waals surface area contributed by atoms with E-state index in [9.17, 15) is 34.1 Å². The van der Waals surface area contributed by atoms with E-state index in [1.165, 1.54) is 88.7 Å². The molecule has 3 aliphatic rings. The lowest BCUT2D eigenvalue weighted by Crippen LogP contribution is -2.47. The fraction of sp³-hybridized carbons (Fsp3) is 0.318. The molecule has 642 valence electrons. The maximum absolute atomic E-state index is 17.0. The normalized spacial score (nSPS) is 20.5. The number of nitrogens with one attached hydrogen (secondary N) is 3. The molecule has 123 heavy (non-hydrogen) atoms. The van der Waals surface area contributed by atoms with Crippen molar-refractivity contribution < 1.29 is 83.7 Å². The van der Waals surface area contributed by atoms with Crippen LogP contribution in [0.1, 0.15) is 115 Å². The number of nitriles is 1. The topological polar surface area (TPSA) is 393 Å². The zero-order valence-electron chi connectivity index (χ0n) is 67.4. The van der Waals surface area contributed by atoms with E-state index in [4.69, 9.17) is 83.3 Å². The molecule has 4 aromatic heterocycles. The number of carbonyl (C=O) groups excluding carboxylic acids is 2. The maximum Gasteiger partial charge on any atom is 0.530 e. The number of hydrogen-bond donors (Lipinski definition) is 4. The number of aromatic amines is 1. The lowest BCUT2D eigenvalue weighted by Gasteiger charge is -2.39. The summed E-state index contributed by atoms with van der Waals surface area (Å²) < 4.78 is 125. The number of rotatable bonds is 36. The van der Waals surface area contributed by atoms with Crippen LogP contribution < -0.4 is 46.1 Å². The largest absolute Gasteiger partial charge is 0.530 e. The predicted molar refractivity (Wildman–Crippen MR) is 453 cm³/mol. The molecular formula is C85H87Cl2N12O21P3. The Labute approximate surface area is 717 Å². The van der Waals surface area contributed by atoms with Gasteiger partial charge in [0.2, 0.25) is 0 Å². The van der Waals surface area contributed by atoms with Crippen LogP contribution in [-0.2, 0) is 56.3 Å². The van der Waals surface area contributed by atoms with E-state index in [0.717, 1.165) is 9.13 Å². The number of amides is 2. The zero-order chi connectivity index (χ0) is 86.7. The summed E-state index contributed by atoms with van der Waals surface area (Å²) in [6, 6.07) is 55.1. The van der Waals surface area contributed by atoms with Crippen molar-refractivity contribution in [2.75, 3.05) is 44.7 Å². The molecule has 13 atom stereocenters. The predicted octanol–water partition coefficient (Wildman–Crippen LogP) is 15.1. The summed E-state index contributed by atoms with van der Waals surface area (Å²) in [6.07, 6.45) is -9.32. The van der Waals surface area contributed by atoms with Crippen LogP contribution in [0.4, 0.5) is 11.6 Å². The van der Waals surface area contributed by atoms with Gasteiger partial charge < -0.3 is 57.1 Å². The van der Waals surface area contributed by atoms with Crippen molar-refractivity contribution in [2.45, 2.75) is 133 Å². The highest BCUT2D eigenvalue weighted by Gasteiger charge is 2.57. The number of phosphoric acid groups is 2. The highest BCUT2D eigenvalue weighted by atomic mass is 35.5. The quantitative estimate of drug-likeness (QED) is 0.0161. The minimum Gasteiger partial charge on any atom is -0.497 e. The molecule has 33 nitrogen and oxygen atoms in total. The van der Waals surface area contributed by atoms with E-state index >= 15 is 9.13 Å². The summed E-state index contributed by atoms with van der Waals surface area (Å²) >= 11 is 13.6. The zero-order valence-corrected chi connectivity index (χ0v) is 71.6. The Bertz CT molecular complexity index is 5810. The number of hydrogen-bond acceptors (Lipinski definition) is 26. The number of halogens is 2. The second kappa shape index (κ2) is 39.4. The number of anilines is 2. The van der Waals surface area contributed by atoms with Crippen molar-refractivity contribution >= 4 is 82.0 Å². The van der Waals surface area contributed by atoms with Gasteiger partial charge in [-0.15, -0.1) is 0 Å². The fourth-order valence-corrected chi connectivity index (χ4v) is 19.6. The molecule has 2 amide bonds. The molecule has 7 heterocycles. The first-order valence-electron chi connectivity index (χ1n) is 39.2. The summed E-state index contributed by atoms with van der Waals surface area (Å²) in [5.41, 5.74) is -1.53. The lowest BCUT2D eigenvalue weighted by atomic mass is 9.79. The number of para-hydroxylation sites is 2. The average Bonchev–Trinajstić information content (AvgIpc) is 1.73. The maximum atomic E-state index is 17.0. The van der Waals surface area contributed by atoms with Gasteiger partial charge in [-0.2, -0.15) is 10.2 Å². The number of aryl methyl sites for hydroxylation is 1. The monoisotopic (exact) mass is 1770 g/mol. The van der Waals surface area contributed by atoms with Crippen LogP contribution in [0.25, 0.3) is 11.2 Å². The van der Waals surface area contributed by atoms with E-state index in [-0.39, 0.29) is 93.4 Å². The smallest absolute Gasteiger partial charge is 0.497 e. The van der Waals surface area contributed by atoms with Gasteiger partial charge in [0, 0.05) is 66.3 Å². The first-order chi connectivity index (χ1) is 59.3. The molecule has 3 aliphatic heterocycles. The molecule has 14 rings (SSSR count). The van der Waals surface area contributed by atoms with Crippen molar-refractivity contribution in [3.8, 4) is 29.1 Å². The summed E-state index contributed by atoms with van der Waals surface area (Å²) in [5.74, 6) is -2.07. The van der Waals surface area contributed by atoms with Crippen molar-refractivity contribution in [1.29, 1.82) is 5.26 Å². The van der Waals surface area contributed by atoms with Gasteiger partial charge in [-0.1, -0.05) is 138 Å². The van der Waals surface area contributed by atoms with Crippen molar-refractivity contribution in [3.63, 3.8) is 0 Å². The Morgan fingerprint density at radius 3 is 1.84 bits per heavy atom. The van der Waals surface area contributed by atoms with Crippen LogP contribution >= 0.6 is 47.4 Å². The van der Waals surface area contributed by atoms with Crippen LogP contribution in [0, 0.1) is 24.2 Å². The Kier molecular flexibility index (Phi) is 28.4. The second-order valence-electron chi connectivity index (χ2n) is 29.3. The molecule has 0 spiro atoms. The number of ether oxygens (including phenoxy) is 6. The number of nitrogens with zero attached hydrogens (tertiary/aromatic N) is 9. The van der Waals surface area contributed by atoms with E-state index < -0.39 is 139 Å². The Hall–Kier alpha value is -10.7. The first-order valence-corrected chi connectivity index (χ1v) is 44.0. The minimum atomic E-state index is -5.70. The van der Waals surface area contributed by atoms with Gasteiger partial charge in [0.25, 0.3) is 25.9 Å². The number of benzene rings is 7. The van der Waals surface area contributed by atoms with E-state index in [0.29, 0.717) is 33.8 Å². The fourth-order valence-electron chi connectivity index (χ4n) is 14.9. The highest BCUT2D eigenvalue weighted by molar-refractivity contribution is 7.49. The molecule has 4 N–H and O–H groups in total. The summed E-state index contributed by atoms with van der Waals surface area (Å²) in [4.78, 5) is 103. The van der Waals surface area contributed by atoms with Crippen molar-refractivity contribution in [3.05, 3.63) is 294 Å². The van der Waals surface area contributed by atoms with Gasteiger partial charge in [-0.25, -0.2) is 38.3 Å². The molecule has 7 aromatic carbocycles. The summed E-state index contributed by atoms with van der Waals surface area (Å²) in [5, 5.41) is 15.1. The molecule has 0 saturated carbocycles. The first kappa shape index (κ1) is 88.6. The van der Waals surface area contributed by atoms with Crippen LogP contribution in [0.3, 0.4) is 0 Å². The molecule has 3 fully saturated rings. The van der Waals surface area contributed by atoms with Crippen LogP contribution in [0.2, 0.25) is 10.0 Å². The number of phosphoric ester groups is 2. The summed E-state index contributed by atoms with van der Waals surface area (Å²) in [6.45, 7) is 7.98. The van der Waals surface area contributed by atoms with Crippen LogP contribution in [0.5, 0.6) is 23.0 Å². The SMILES string of the molecule is COc1ccc(C(OC[C@@H]2O[C@@H](n3ccc(NC(=O)c4ccccc4)nc3=O)C[C@@H]2C(OP(=O)(O)Oc2ccccc2Cl)[C@@H]2O[C@@H](n3cc(C)c(=O)[nH]c3=O)C[C@@H]2OP(=O)(OC[C@H]2O[C@@H](n3cnc4c(NC(=O)c5ccccc5)ncnc43)C[C@@H]2OP(OCCC#N)N(C(C)C)C(C)C)Oc2ccccc2Cl)(c2ccccc2)c2ccc(OC)cc2)cc1. The lowest BCUT2D eigenvalue weighted by molar-refractivity contribution is -0.124. The van der Waals surface area contributed by atoms with Crippen molar-refractivity contribution in [1.82, 2.24) is 43.3 Å². The standard InChI is InChI=1S/C85H87Cl2N12O21P3/c1-52(2)99(53(3)4)121(111-43-21-41-88)116-67-45-74(98-51-91-75-78(89-50-90-79(75)98)94-82(102)56-24-13-9-14-25-56)114-70(67)49-112-123(107,118-66-31-20-18-29-64(66)87)119-68-46-73(97-47-54(5)80(100)95-84(97)104)115-77(68)76(120-122(105,106)117-65-30-19-17-28-63(65)86)62-44-72(96-42-40-71(93-83(96)103)92-81(101)55-22-11-8-12-23-55)113-69(62)48-110-85(57-26-15-10-16-27-57,58-32-36-60(108-6)37-33-58)59-34-38-61(109-7)39-35-59/h8-20,22-40,42,47,50-53,62,67-70,72-74,76-77H,21,43-46,48-49H2,1-7H3,(H,105,106)(H,95,100,104)(H,89,90,94,102)(H,92,93,101,103)/t62-,67-,68-,69-,70+,72+,73+,74+,76?,77+,121?,123?/m0/s1. The molecule has 0 bridgehead atoms. The number of H-pyrrole nitrogens is 1. The Balaban J connectivity index is 0.905. The number of methoxy groups -OCH3 is 2. The molecule has 0 radical (unpaired) electrons. The molecule has 4 unspecified atom stereocenters. The number of aromatic nitrogens is 8. The van der Waals surface area contributed by atoms with Gasteiger partial charge in [0.1, 0.15) is 83.8 Å². The Morgan fingerprint density at radius 2 is 1.24 bits per heavy atom. The third-order valence-electron chi connectivity index (χ3n) is 20.7. The van der Waals surface area contributed by atoms with Gasteiger partial charge in [0.15, 0.2) is 17.0 Å². The number of carbonyl (C=O) groups is 2. The molecular weight excluding hydrogens is 1690 g/mol. The van der Waals surface area contributed by atoms with E-state index in [1.54, 1.807) is 102 Å². The molecule has 38 heteroatoms. The van der Waals surface area contributed by atoms with E-state index in [1.807, 2.05) is 87.0 Å². The highest BCUT2D eigenvalue weighted by Crippen LogP contribution is 2.59. The van der Waals surface area contributed by atoms with Crippen LogP contribution in [-0.4, -0.2) is 143 Å². The van der Waals surface area contributed by atoms with Gasteiger partial charge in [0.05, 0.1) is 75.1 Å². The number of imidazole rings is 1. The second-order valence-corrected chi connectivity index (χ2v) is 34.4. The third-order valence-corrected chi connectivity index (χ3v) is 25.8. The Morgan fingerprint density at radius 1 is 0.675 bits per heavy atom. The van der Waals surface area contributed by atoms with Gasteiger partial charge >= 0.3 is 27.0 Å².